The van der Waals surface area contributed by atoms with E-state index in [4.69, 9.17) is 5.26 Å². The van der Waals surface area contributed by atoms with Gasteiger partial charge in [0, 0.05) is 6.54 Å². The van der Waals surface area contributed by atoms with Crippen molar-refractivity contribution < 1.29 is 8.42 Å². The van der Waals surface area contributed by atoms with E-state index in [0.29, 0.717) is 18.0 Å². The van der Waals surface area contributed by atoms with Crippen molar-refractivity contribution in [2.24, 2.45) is 11.8 Å². The average Bonchev–Trinajstić information content (AvgIpc) is 3.11. The van der Waals surface area contributed by atoms with E-state index in [9.17, 15) is 8.42 Å². The summed E-state index contributed by atoms with van der Waals surface area (Å²) in [4.78, 5) is 0.230. The van der Waals surface area contributed by atoms with Crippen molar-refractivity contribution in [1.82, 2.24) is 5.32 Å². The van der Waals surface area contributed by atoms with Gasteiger partial charge in [-0.05, 0) is 43.0 Å². The fraction of sp³-hybridized carbons (Fsp3) is 0.500. The molecular weight excluding hydrogens is 260 g/mol. The number of rotatable bonds is 6. The third-order valence-electron chi connectivity index (χ3n) is 3.55. The van der Waals surface area contributed by atoms with Crippen LogP contribution in [0.15, 0.2) is 29.2 Å². The fourth-order valence-corrected chi connectivity index (χ4v) is 3.30. The average molecular weight is 278 g/mol. The van der Waals surface area contributed by atoms with Gasteiger partial charge in [-0.1, -0.05) is 13.0 Å². The number of benzene rings is 1. The Morgan fingerprint density at radius 3 is 2.84 bits per heavy atom. The van der Waals surface area contributed by atoms with Crippen LogP contribution in [0.5, 0.6) is 0 Å². The number of hydrogen-bond acceptors (Lipinski definition) is 4. The highest BCUT2D eigenvalue weighted by atomic mass is 32.2. The molecule has 0 spiro atoms. The Kier molecular flexibility index (Phi) is 4.23. The number of sulfone groups is 1. The minimum absolute atomic E-state index is 0.0724. The SMILES string of the molecule is CC1CC1CNCCS(=O)(=O)c1cccc(C#N)c1. The molecule has 2 unspecified atom stereocenters. The Morgan fingerprint density at radius 2 is 2.21 bits per heavy atom. The molecule has 0 aromatic heterocycles. The third-order valence-corrected chi connectivity index (χ3v) is 5.27. The van der Waals surface area contributed by atoms with Crippen LogP contribution in [0.3, 0.4) is 0 Å². The molecular formula is C14H18N2O2S. The van der Waals surface area contributed by atoms with Gasteiger partial charge in [-0.2, -0.15) is 5.26 Å². The molecule has 0 amide bonds. The first kappa shape index (κ1) is 14.0. The van der Waals surface area contributed by atoms with E-state index >= 15 is 0 Å². The normalized spacial score (nSPS) is 21.9. The molecule has 19 heavy (non-hydrogen) atoms. The number of nitrogens with one attached hydrogen (secondary N) is 1. The van der Waals surface area contributed by atoms with Crippen LogP contribution in [0, 0.1) is 23.2 Å². The van der Waals surface area contributed by atoms with Gasteiger partial charge in [0.2, 0.25) is 0 Å². The second-order valence-electron chi connectivity index (χ2n) is 5.14. The lowest BCUT2D eigenvalue weighted by Crippen LogP contribution is -2.25. The summed E-state index contributed by atoms with van der Waals surface area (Å²) in [6.07, 6.45) is 1.24. The van der Waals surface area contributed by atoms with Gasteiger partial charge in [-0.15, -0.1) is 0 Å². The summed E-state index contributed by atoms with van der Waals surface area (Å²) in [7, 11) is -3.30. The van der Waals surface area contributed by atoms with E-state index in [1.54, 1.807) is 18.2 Å². The van der Waals surface area contributed by atoms with Gasteiger partial charge < -0.3 is 5.32 Å². The molecule has 1 saturated carbocycles. The van der Waals surface area contributed by atoms with Crippen LogP contribution < -0.4 is 5.32 Å². The van der Waals surface area contributed by atoms with Crippen molar-refractivity contribution >= 4 is 9.84 Å². The highest BCUT2D eigenvalue weighted by Crippen LogP contribution is 2.36. The number of nitriles is 1. The molecule has 102 valence electrons. The fourth-order valence-electron chi connectivity index (χ4n) is 2.05. The van der Waals surface area contributed by atoms with Gasteiger partial charge >= 0.3 is 0 Å². The van der Waals surface area contributed by atoms with Gasteiger partial charge in [0.15, 0.2) is 9.84 Å². The molecule has 1 aromatic carbocycles. The van der Waals surface area contributed by atoms with E-state index in [-0.39, 0.29) is 10.6 Å². The van der Waals surface area contributed by atoms with Crippen LogP contribution in [-0.4, -0.2) is 27.3 Å². The van der Waals surface area contributed by atoms with Crippen molar-refractivity contribution in [3.05, 3.63) is 29.8 Å². The summed E-state index contributed by atoms with van der Waals surface area (Å²) in [5.41, 5.74) is 0.376. The van der Waals surface area contributed by atoms with E-state index < -0.39 is 9.84 Å². The Morgan fingerprint density at radius 1 is 1.47 bits per heavy atom. The lowest BCUT2D eigenvalue weighted by Gasteiger charge is -2.06. The predicted molar refractivity (Wildman–Crippen MR) is 73.4 cm³/mol. The van der Waals surface area contributed by atoms with Crippen molar-refractivity contribution in [2.75, 3.05) is 18.8 Å². The summed E-state index contributed by atoms with van der Waals surface area (Å²) < 4.78 is 24.2. The van der Waals surface area contributed by atoms with E-state index in [1.807, 2.05) is 6.07 Å². The molecule has 1 fully saturated rings. The summed E-state index contributed by atoms with van der Waals surface area (Å²) in [5.74, 6) is 1.56. The molecule has 1 aliphatic rings. The molecule has 2 rings (SSSR count). The predicted octanol–water partition coefficient (Wildman–Crippen LogP) is 1.58. The highest BCUT2D eigenvalue weighted by Gasteiger charge is 2.31. The summed E-state index contributed by atoms with van der Waals surface area (Å²) in [5, 5.41) is 12.0. The second kappa shape index (κ2) is 5.72. The van der Waals surface area contributed by atoms with Gasteiger partial charge in [-0.3, -0.25) is 0 Å². The molecule has 0 saturated heterocycles. The Hall–Kier alpha value is -1.38. The molecule has 0 bridgehead atoms. The maximum Gasteiger partial charge on any atom is 0.179 e. The van der Waals surface area contributed by atoms with Crippen molar-refractivity contribution in [3.63, 3.8) is 0 Å². The molecule has 5 heteroatoms. The van der Waals surface area contributed by atoms with Crippen LogP contribution >= 0.6 is 0 Å². The summed E-state index contributed by atoms with van der Waals surface area (Å²) in [6, 6.07) is 8.13. The molecule has 2 atom stereocenters. The maximum absolute atomic E-state index is 12.1. The van der Waals surface area contributed by atoms with E-state index in [0.717, 1.165) is 12.5 Å². The topological polar surface area (TPSA) is 70.0 Å². The maximum atomic E-state index is 12.1. The van der Waals surface area contributed by atoms with Crippen molar-refractivity contribution in [1.29, 1.82) is 5.26 Å². The summed E-state index contributed by atoms with van der Waals surface area (Å²) >= 11 is 0. The van der Waals surface area contributed by atoms with E-state index in [2.05, 4.69) is 12.2 Å². The van der Waals surface area contributed by atoms with Crippen LogP contribution in [-0.2, 0) is 9.84 Å². The Balaban J connectivity index is 1.88. The highest BCUT2D eigenvalue weighted by molar-refractivity contribution is 7.91. The molecule has 1 aromatic rings. The largest absolute Gasteiger partial charge is 0.315 e. The standard InChI is InChI=1S/C14H18N2O2S/c1-11-7-13(11)10-16-5-6-19(17,18)14-4-2-3-12(8-14)9-15/h2-4,8,11,13,16H,5-7,10H2,1H3. The van der Waals surface area contributed by atoms with Gasteiger partial charge in [-0.25, -0.2) is 8.42 Å². The first-order valence-electron chi connectivity index (χ1n) is 6.46. The zero-order valence-corrected chi connectivity index (χ0v) is 11.8. The monoisotopic (exact) mass is 278 g/mol. The van der Waals surface area contributed by atoms with Gasteiger partial charge in [0.1, 0.15) is 0 Å². The summed E-state index contributed by atoms with van der Waals surface area (Å²) in [6.45, 7) is 3.56. The van der Waals surface area contributed by atoms with Crippen LogP contribution in [0.4, 0.5) is 0 Å². The second-order valence-corrected chi connectivity index (χ2v) is 7.24. The minimum atomic E-state index is -3.30. The van der Waals surface area contributed by atoms with Crippen molar-refractivity contribution in [2.45, 2.75) is 18.2 Å². The Bertz CT molecular complexity index is 590. The smallest absolute Gasteiger partial charge is 0.179 e. The van der Waals surface area contributed by atoms with Gasteiger partial charge in [0.05, 0.1) is 22.3 Å². The first-order chi connectivity index (χ1) is 9.03. The Labute approximate surface area is 114 Å². The van der Waals surface area contributed by atoms with Crippen molar-refractivity contribution in [3.8, 4) is 6.07 Å². The third kappa shape index (κ3) is 3.79. The molecule has 0 aliphatic heterocycles. The number of hydrogen-bond donors (Lipinski definition) is 1. The van der Waals surface area contributed by atoms with Gasteiger partial charge in [0.25, 0.3) is 0 Å². The van der Waals surface area contributed by atoms with E-state index in [1.165, 1.54) is 12.5 Å². The lowest BCUT2D eigenvalue weighted by molar-refractivity contribution is 0.585. The molecule has 4 nitrogen and oxygen atoms in total. The molecule has 0 radical (unpaired) electrons. The molecule has 1 aliphatic carbocycles. The lowest BCUT2D eigenvalue weighted by atomic mass is 10.2. The van der Waals surface area contributed by atoms with Crippen LogP contribution in [0.1, 0.15) is 18.9 Å². The minimum Gasteiger partial charge on any atom is -0.315 e. The zero-order chi connectivity index (χ0) is 13.9. The zero-order valence-electron chi connectivity index (χ0n) is 11.0. The van der Waals surface area contributed by atoms with Crippen LogP contribution in [0.25, 0.3) is 0 Å². The molecule has 1 N–H and O–H groups in total. The number of nitrogens with zero attached hydrogens (tertiary/aromatic N) is 1. The molecule has 0 heterocycles. The first-order valence-corrected chi connectivity index (χ1v) is 8.12. The quantitative estimate of drug-likeness (QED) is 0.802. The van der Waals surface area contributed by atoms with Crippen LogP contribution in [0.2, 0.25) is 0 Å².